The van der Waals surface area contributed by atoms with E-state index in [9.17, 15) is 0 Å². The van der Waals surface area contributed by atoms with Crippen LogP contribution in [0.25, 0.3) is 0 Å². The summed E-state index contributed by atoms with van der Waals surface area (Å²) in [6.07, 6.45) is 5.35. The van der Waals surface area contributed by atoms with Gasteiger partial charge in [0.05, 0.1) is 0 Å². The van der Waals surface area contributed by atoms with Crippen LogP contribution in [0.15, 0.2) is 12.1 Å². The molecular formula is C18H26O. The highest BCUT2D eigenvalue weighted by atomic mass is 16.5. The van der Waals surface area contributed by atoms with Crippen molar-refractivity contribution in [2.24, 2.45) is 0 Å². The number of hydrogen-bond donors (Lipinski definition) is 0. The van der Waals surface area contributed by atoms with Crippen molar-refractivity contribution in [1.82, 2.24) is 0 Å². The Hall–Kier alpha value is -1.42. The topological polar surface area (TPSA) is 9.23 Å². The lowest BCUT2D eigenvalue weighted by Gasteiger charge is -2.30. The van der Waals surface area contributed by atoms with Gasteiger partial charge in [-0.15, -0.1) is 6.42 Å². The van der Waals surface area contributed by atoms with Gasteiger partial charge in [-0.3, -0.25) is 0 Å². The highest BCUT2D eigenvalue weighted by Gasteiger charge is 2.27. The normalized spacial score (nSPS) is 12.1. The molecular weight excluding hydrogens is 232 g/mol. The quantitative estimate of drug-likeness (QED) is 0.704. The van der Waals surface area contributed by atoms with Crippen LogP contribution in [0.5, 0.6) is 5.75 Å². The Bertz CT molecular complexity index is 455. The second kappa shape index (κ2) is 5.29. The summed E-state index contributed by atoms with van der Waals surface area (Å²) < 4.78 is 5.89. The minimum Gasteiger partial charge on any atom is -0.480 e. The first-order valence-electron chi connectivity index (χ1n) is 6.79. The number of terminal acetylenes is 1. The molecule has 104 valence electrons. The van der Waals surface area contributed by atoms with Gasteiger partial charge in [-0.25, -0.2) is 0 Å². The smallest absolute Gasteiger partial charge is 0.148 e. The first-order chi connectivity index (χ1) is 8.57. The second-order valence-electron chi connectivity index (χ2n) is 7.18. The van der Waals surface area contributed by atoms with E-state index in [1.165, 1.54) is 16.7 Å². The van der Waals surface area contributed by atoms with Crippen molar-refractivity contribution in [2.45, 2.75) is 59.3 Å². The lowest BCUT2D eigenvalue weighted by Crippen LogP contribution is -2.20. The van der Waals surface area contributed by atoms with Crippen LogP contribution < -0.4 is 4.74 Å². The molecule has 0 heterocycles. The van der Waals surface area contributed by atoms with Crippen LogP contribution in [0.2, 0.25) is 0 Å². The Morgan fingerprint density at radius 3 is 1.74 bits per heavy atom. The third-order valence-corrected chi connectivity index (χ3v) is 3.15. The zero-order valence-electron chi connectivity index (χ0n) is 13.3. The summed E-state index contributed by atoms with van der Waals surface area (Å²) in [5.74, 6) is 3.53. The van der Waals surface area contributed by atoms with Crippen molar-refractivity contribution in [3.63, 3.8) is 0 Å². The summed E-state index contributed by atoms with van der Waals surface area (Å²) >= 11 is 0. The average molecular weight is 258 g/mol. The lowest BCUT2D eigenvalue weighted by atomic mass is 9.78. The summed E-state index contributed by atoms with van der Waals surface area (Å²) in [5, 5.41) is 0. The minimum absolute atomic E-state index is 0.0377. The van der Waals surface area contributed by atoms with Crippen LogP contribution in [0, 0.1) is 19.3 Å². The van der Waals surface area contributed by atoms with Gasteiger partial charge in [0, 0.05) is 11.1 Å². The van der Waals surface area contributed by atoms with Gasteiger partial charge in [-0.05, 0) is 17.8 Å². The van der Waals surface area contributed by atoms with E-state index < -0.39 is 0 Å². The summed E-state index contributed by atoms with van der Waals surface area (Å²) in [4.78, 5) is 0. The molecule has 0 radical (unpaired) electrons. The van der Waals surface area contributed by atoms with Crippen LogP contribution in [0.3, 0.4) is 0 Å². The Morgan fingerprint density at radius 1 is 1.00 bits per heavy atom. The molecule has 0 spiro atoms. The lowest BCUT2D eigenvalue weighted by molar-refractivity contribution is 0.345. The fourth-order valence-electron chi connectivity index (χ4n) is 2.16. The third kappa shape index (κ3) is 3.77. The largest absolute Gasteiger partial charge is 0.480 e. The molecule has 1 nitrogen and oxygen atoms in total. The van der Waals surface area contributed by atoms with Gasteiger partial charge >= 0.3 is 0 Å². The number of benzene rings is 1. The van der Waals surface area contributed by atoms with Crippen LogP contribution in [-0.4, -0.2) is 6.61 Å². The van der Waals surface area contributed by atoms with Gasteiger partial charge in [-0.2, -0.15) is 0 Å². The number of ether oxygens (including phenoxy) is 1. The minimum atomic E-state index is 0.0377. The molecule has 0 saturated heterocycles. The highest BCUT2D eigenvalue weighted by Crippen LogP contribution is 2.40. The Balaban J connectivity index is 3.54. The highest BCUT2D eigenvalue weighted by molar-refractivity contribution is 5.50. The fraction of sp³-hybridized carbons (Fsp3) is 0.556. The first kappa shape index (κ1) is 15.6. The molecule has 1 heteroatoms. The molecule has 0 N–H and O–H groups in total. The van der Waals surface area contributed by atoms with Gasteiger partial charge in [0.1, 0.15) is 12.4 Å². The number of rotatable bonds is 2. The van der Waals surface area contributed by atoms with E-state index >= 15 is 0 Å². The van der Waals surface area contributed by atoms with Gasteiger partial charge < -0.3 is 4.74 Å². The summed E-state index contributed by atoms with van der Waals surface area (Å²) in [5.41, 5.74) is 3.80. The van der Waals surface area contributed by atoms with Crippen LogP contribution in [0.1, 0.15) is 58.2 Å². The van der Waals surface area contributed by atoms with Crippen LogP contribution in [-0.2, 0) is 10.8 Å². The van der Waals surface area contributed by atoms with Crippen LogP contribution in [0.4, 0.5) is 0 Å². The van der Waals surface area contributed by atoms with Gasteiger partial charge in [-0.1, -0.05) is 65.2 Å². The van der Waals surface area contributed by atoms with E-state index in [0.717, 1.165) is 5.75 Å². The van der Waals surface area contributed by atoms with E-state index in [2.05, 4.69) is 66.5 Å². The zero-order chi connectivity index (χ0) is 14.8. The zero-order valence-corrected chi connectivity index (χ0v) is 13.3. The molecule has 0 amide bonds. The van der Waals surface area contributed by atoms with E-state index in [4.69, 9.17) is 11.2 Å². The first-order valence-corrected chi connectivity index (χ1v) is 6.79. The average Bonchev–Trinajstić information content (AvgIpc) is 2.23. The standard InChI is InChI=1S/C18H26O/c1-9-10-19-16-14(17(3,4)5)11-13(2)12-15(16)18(6,7)8/h1,11-12H,10H2,2-8H3. The van der Waals surface area contributed by atoms with Gasteiger partial charge in [0.15, 0.2) is 0 Å². The summed E-state index contributed by atoms with van der Waals surface area (Å²) in [7, 11) is 0. The molecule has 0 atom stereocenters. The second-order valence-corrected chi connectivity index (χ2v) is 7.18. The maximum atomic E-state index is 5.89. The molecule has 0 fully saturated rings. The summed E-state index contributed by atoms with van der Waals surface area (Å²) in [6.45, 7) is 15.7. The predicted octanol–water partition coefficient (Wildman–Crippen LogP) is 4.60. The van der Waals surface area contributed by atoms with E-state index in [-0.39, 0.29) is 10.8 Å². The van der Waals surface area contributed by atoms with E-state index in [0.29, 0.717) is 6.61 Å². The molecule has 1 aromatic rings. The van der Waals surface area contributed by atoms with Crippen molar-refractivity contribution in [1.29, 1.82) is 0 Å². The van der Waals surface area contributed by atoms with Crippen molar-refractivity contribution in [3.8, 4) is 18.1 Å². The molecule has 1 aromatic carbocycles. The molecule has 0 bridgehead atoms. The van der Waals surface area contributed by atoms with E-state index in [1.54, 1.807) is 0 Å². The third-order valence-electron chi connectivity index (χ3n) is 3.15. The Morgan fingerprint density at radius 2 is 1.42 bits per heavy atom. The van der Waals surface area contributed by atoms with Crippen molar-refractivity contribution in [3.05, 3.63) is 28.8 Å². The van der Waals surface area contributed by atoms with Crippen LogP contribution >= 0.6 is 0 Å². The SMILES string of the molecule is C#CCOc1c(C(C)(C)C)cc(C)cc1C(C)(C)C. The van der Waals surface area contributed by atoms with Gasteiger partial charge in [0.25, 0.3) is 0 Å². The van der Waals surface area contributed by atoms with Crippen molar-refractivity contribution in [2.75, 3.05) is 6.61 Å². The Kier molecular flexibility index (Phi) is 4.35. The molecule has 0 aromatic heterocycles. The molecule has 0 aliphatic carbocycles. The molecule has 0 aliphatic heterocycles. The number of hydrogen-bond acceptors (Lipinski definition) is 1. The van der Waals surface area contributed by atoms with Crippen molar-refractivity contribution >= 4 is 0 Å². The number of aryl methyl sites for hydroxylation is 1. The van der Waals surface area contributed by atoms with Crippen molar-refractivity contribution < 1.29 is 4.74 Å². The maximum absolute atomic E-state index is 5.89. The Labute approximate surface area is 118 Å². The van der Waals surface area contributed by atoms with Gasteiger partial charge in [0.2, 0.25) is 0 Å². The van der Waals surface area contributed by atoms with E-state index in [1.807, 2.05) is 0 Å². The molecule has 1 rings (SSSR count). The summed E-state index contributed by atoms with van der Waals surface area (Å²) in [6, 6.07) is 4.42. The fourth-order valence-corrected chi connectivity index (χ4v) is 2.16. The molecule has 0 aliphatic rings. The molecule has 19 heavy (non-hydrogen) atoms. The predicted molar refractivity (Wildman–Crippen MR) is 82.9 cm³/mol. The monoisotopic (exact) mass is 258 g/mol. The molecule has 0 saturated carbocycles. The molecule has 0 unspecified atom stereocenters. The maximum Gasteiger partial charge on any atom is 0.148 e.